The molecular formula is C18H38N2O. The Hall–Kier alpha value is -0.570. The minimum atomic E-state index is -0.346. The lowest BCUT2D eigenvalue weighted by Gasteiger charge is -2.41. The van der Waals surface area contributed by atoms with Crippen molar-refractivity contribution >= 4 is 5.91 Å². The molecule has 0 aromatic carbocycles. The second kappa shape index (κ2) is 10.2. The molecule has 0 atom stereocenters. The summed E-state index contributed by atoms with van der Waals surface area (Å²) in [4.78, 5) is 15.5. The largest absolute Gasteiger partial charge is 0.339 e. The highest BCUT2D eigenvalue weighted by Crippen LogP contribution is 2.33. The van der Waals surface area contributed by atoms with E-state index in [9.17, 15) is 4.79 Å². The molecule has 0 aromatic rings. The molecule has 0 aliphatic carbocycles. The van der Waals surface area contributed by atoms with Gasteiger partial charge in [0.25, 0.3) is 0 Å². The Morgan fingerprint density at radius 3 is 1.81 bits per heavy atom. The highest BCUT2D eigenvalue weighted by Gasteiger charge is 2.40. The Labute approximate surface area is 132 Å². The first-order chi connectivity index (χ1) is 9.92. The van der Waals surface area contributed by atoms with Gasteiger partial charge in [-0.1, -0.05) is 54.4 Å². The number of hydrogen-bond donors (Lipinski definition) is 1. The number of rotatable bonds is 11. The minimum Gasteiger partial charge on any atom is -0.339 e. The van der Waals surface area contributed by atoms with Gasteiger partial charge in [0.1, 0.15) is 0 Å². The third-order valence-corrected chi connectivity index (χ3v) is 4.51. The van der Waals surface area contributed by atoms with Crippen LogP contribution in [0.4, 0.5) is 0 Å². The molecule has 0 bridgehead atoms. The SMILES string of the molecule is CCCC(CN)(CCC)C(=O)N(CC(C)C)C(CC)CC. The highest BCUT2D eigenvalue weighted by atomic mass is 16.2. The van der Waals surface area contributed by atoms with Crippen LogP contribution >= 0.6 is 0 Å². The van der Waals surface area contributed by atoms with E-state index in [4.69, 9.17) is 5.73 Å². The summed E-state index contributed by atoms with van der Waals surface area (Å²) in [7, 11) is 0. The number of hydrogen-bond acceptors (Lipinski definition) is 2. The summed E-state index contributed by atoms with van der Waals surface area (Å²) in [6.45, 7) is 14.4. The van der Waals surface area contributed by atoms with Crippen LogP contribution in [0.25, 0.3) is 0 Å². The fraction of sp³-hybridized carbons (Fsp3) is 0.944. The molecular weight excluding hydrogens is 260 g/mol. The van der Waals surface area contributed by atoms with Gasteiger partial charge >= 0.3 is 0 Å². The van der Waals surface area contributed by atoms with E-state index in [2.05, 4.69) is 46.4 Å². The molecule has 0 saturated heterocycles. The van der Waals surface area contributed by atoms with E-state index in [1.54, 1.807) is 0 Å². The van der Waals surface area contributed by atoms with E-state index in [-0.39, 0.29) is 5.41 Å². The third kappa shape index (κ3) is 5.61. The number of carbonyl (C=O) groups excluding carboxylic acids is 1. The molecule has 0 aliphatic heterocycles. The monoisotopic (exact) mass is 298 g/mol. The average molecular weight is 299 g/mol. The lowest BCUT2D eigenvalue weighted by atomic mass is 9.77. The van der Waals surface area contributed by atoms with Gasteiger partial charge in [0.2, 0.25) is 5.91 Å². The number of nitrogens with zero attached hydrogens (tertiary/aromatic N) is 1. The van der Waals surface area contributed by atoms with E-state index in [1.165, 1.54) is 0 Å². The summed E-state index contributed by atoms with van der Waals surface area (Å²) in [5.41, 5.74) is 5.74. The molecule has 0 aliphatic rings. The second-order valence-corrected chi connectivity index (χ2v) is 6.81. The maximum Gasteiger partial charge on any atom is 0.230 e. The van der Waals surface area contributed by atoms with Crippen LogP contribution in [0.1, 0.15) is 80.1 Å². The zero-order valence-corrected chi connectivity index (χ0v) is 15.2. The molecule has 0 unspecified atom stereocenters. The maximum atomic E-state index is 13.3. The summed E-state index contributed by atoms with van der Waals surface area (Å²) >= 11 is 0. The number of carbonyl (C=O) groups is 1. The van der Waals surface area contributed by atoms with Crippen LogP contribution in [-0.2, 0) is 4.79 Å². The van der Waals surface area contributed by atoms with Crippen molar-refractivity contribution in [1.29, 1.82) is 0 Å². The highest BCUT2D eigenvalue weighted by molar-refractivity contribution is 5.83. The predicted molar refractivity (Wildman–Crippen MR) is 92.2 cm³/mol. The molecule has 0 fully saturated rings. The molecule has 0 spiro atoms. The second-order valence-electron chi connectivity index (χ2n) is 6.81. The molecule has 126 valence electrons. The van der Waals surface area contributed by atoms with Crippen molar-refractivity contribution in [3.8, 4) is 0 Å². The molecule has 1 amide bonds. The first-order valence-corrected chi connectivity index (χ1v) is 8.93. The van der Waals surface area contributed by atoms with Gasteiger partial charge < -0.3 is 10.6 Å². The van der Waals surface area contributed by atoms with Gasteiger partial charge in [-0.15, -0.1) is 0 Å². The van der Waals surface area contributed by atoms with E-state index in [0.29, 0.717) is 24.4 Å². The first kappa shape index (κ1) is 20.4. The summed E-state index contributed by atoms with van der Waals surface area (Å²) in [5, 5.41) is 0. The van der Waals surface area contributed by atoms with Crippen molar-refractivity contribution in [2.24, 2.45) is 17.1 Å². The standard InChI is InChI=1S/C18H38N2O/c1-7-11-18(14-19,12-8-2)17(21)20(13-15(5)6)16(9-3)10-4/h15-16H,7-14,19H2,1-6H3. The lowest BCUT2D eigenvalue weighted by Crippen LogP contribution is -2.52. The van der Waals surface area contributed by atoms with Crippen LogP contribution in [0, 0.1) is 11.3 Å². The number of nitrogens with two attached hydrogens (primary N) is 1. The zero-order chi connectivity index (χ0) is 16.5. The molecule has 2 N–H and O–H groups in total. The number of amides is 1. The molecule has 3 heteroatoms. The Balaban J connectivity index is 5.45. The van der Waals surface area contributed by atoms with Crippen LogP contribution in [0.5, 0.6) is 0 Å². The first-order valence-electron chi connectivity index (χ1n) is 8.93. The Kier molecular flexibility index (Phi) is 9.93. The van der Waals surface area contributed by atoms with Crippen molar-refractivity contribution in [2.45, 2.75) is 86.1 Å². The predicted octanol–water partition coefficient (Wildman–Crippen LogP) is 4.20. The van der Waals surface area contributed by atoms with Gasteiger partial charge in [-0.05, 0) is 31.6 Å². The molecule has 0 aromatic heterocycles. The Bertz CT molecular complexity index is 279. The lowest BCUT2D eigenvalue weighted by molar-refractivity contribution is -0.146. The smallest absolute Gasteiger partial charge is 0.230 e. The van der Waals surface area contributed by atoms with Crippen molar-refractivity contribution in [3.05, 3.63) is 0 Å². The minimum absolute atomic E-state index is 0.302. The summed E-state index contributed by atoms with van der Waals surface area (Å²) < 4.78 is 0. The van der Waals surface area contributed by atoms with E-state index in [0.717, 1.165) is 45.1 Å². The molecule has 0 heterocycles. The third-order valence-electron chi connectivity index (χ3n) is 4.51. The van der Waals surface area contributed by atoms with Gasteiger partial charge in [0.05, 0.1) is 5.41 Å². The van der Waals surface area contributed by atoms with Gasteiger partial charge in [-0.25, -0.2) is 0 Å². The molecule has 0 saturated carbocycles. The van der Waals surface area contributed by atoms with E-state index >= 15 is 0 Å². The zero-order valence-electron chi connectivity index (χ0n) is 15.2. The van der Waals surface area contributed by atoms with Crippen molar-refractivity contribution < 1.29 is 4.79 Å². The van der Waals surface area contributed by atoms with Crippen LogP contribution in [0.2, 0.25) is 0 Å². The summed E-state index contributed by atoms with van der Waals surface area (Å²) in [6, 6.07) is 0.347. The van der Waals surface area contributed by atoms with E-state index in [1.807, 2.05) is 0 Å². The fourth-order valence-corrected chi connectivity index (χ4v) is 3.41. The molecule has 0 rings (SSSR count). The van der Waals surface area contributed by atoms with Gasteiger partial charge in [0, 0.05) is 19.1 Å². The quantitative estimate of drug-likeness (QED) is 0.621. The van der Waals surface area contributed by atoms with Crippen LogP contribution < -0.4 is 5.73 Å². The van der Waals surface area contributed by atoms with Gasteiger partial charge in [-0.3, -0.25) is 4.79 Å². The van der Waals surface area contributed by atoms with Gasteiger partial charge in [0.15, 0.2) is 0 Å². The normalized spacial score (nSPS) is 12.2. The molecule has 21 heavy (non-hydrogen) atoms. The van der Waals surface area contributed by atoms with Crippen LogP contribution in [0.15, 0.2) is 0 Å². The molecule has 3 nitrogen and oxygen atoms in total. The van der Waals surface area contributed by atoms with Crippen molar-refractivity contribution in [2.75, 3.05) is 13.1 Å². The maximum absolute atomic E-state index is 13.3. The summed E-state index contributed by atoms with van der Waals surface area (Å²) in [5.74, 6) is 0.796. The Morgan fingerprint density at radius 1 is 1.05 bits per heavy atom. The Morgan fingerprint density at radius 2 is 1.52 bits per heavy atom. The summed E-state index contributed by atoms with van der Waals surface area (Å²) in [6.07, 6.45) is 5.89. The fourth-order valence-electron chi connectivity index (χ4n) is 3.41. The topological polar surface area (TPSA) is 46.3 Å². The van der Waals surface area contributed by atoms with Crippen LogP contribution in [-0.4, -0.2) is 29.9 Å². The van der Waals surface area contributed by atoms with Crippen LogP contribution in [0.3, 0.4) is 0 Å². The van der Waals surface area contributed by atoms with Crippen molar-refractivity contribution in [3.63, 3.8) is 0 Å². The molecule has 0 radical (unpaired) electrons. The van der Waals surface area contributed by atoms with Gasteiger partial charge in [-0.2, -0.15) is 0 Å². The van der Waals surface area contributed by atoms with E-state index < -0.39 is 0 Å². The average Bonchev–Trinajstić information content (AvgIpc) is 2.46. The van der Waals surface area contributed by atoms with Crippen molar-refractivity contribution in [1.82, 2.24) is 4.90 Å².